The SMILES string of the molecule is COCCOCCOCCOC(=O)C1C2C=CC(O2)C1C. The molecule has 2 aliphatic heterocycles. The van der Waals surface area contributed by atoms with Gasteiger partial charge in [0.1, 0.15) is 6.61 Å². The van der Waals surface area contributed by atoms with Gasteiger partial charge in [0.05, 0.1) is 51.2 Å². The number of carbonyl (C=O) groups is 1. The minimum Gasteiger partial charge on any atom is -0.463 e. The normalized spacial score (nSPS) is 30.0. The monoisotopic (exact) mass is 300 g/mol. The third-order valence-corrected chi connectivity index (χ3v) is 3.79. The summed E-state index contributed by atoms with van der Waals surface area (Å²) in [5.74, 6) is -0.195. The van der Waals surface area contributed by atoms with Crippen LogP contribution in [0.25, 0.3) is 0 Å². The lowest BCUT2D eigenvalue weighted by Crippen LogP contribution is -2.31. The number of methoxy groups -OCH3 is 1. The second kappa shape index (κ2) is 8.48. The fourth-order valence-electron chi connectivity index (χ4n) is 2.61. The molecular weight excluding hydrogens is 276 g/mol. The second-order valence-corrected chi connectivity index (χ2v) is 5.22. The predicted molar refractivity (Wildman–Crippen MR) is 74.9 cm³/mol. The lowest BCUT2D eigenvalue weighted by Gasteiger charge is -2.19. The molecule has 1 saturated heterocycles. The van der Waals surface area contributed by atoms with Crippen LogP contribution in [0.2, 0.25) is 0 Å². The molecule has 0 saturated carbocycles. The highest BCUT2D eigenvalue weighted by atomic mass is 16.6. The van der Waals surface area contributed by atoms with Gasteiger partial charge in [-0.3, -0.25) is 4.79 Å². The van der Waals surface area contributed by atoms with Crippen LogP contribution in [0.1, 0.15) is 6.92 Å². The molecule has 0 N–H and O–H groups in total. The maximum absolute atomic E-state index is 12.0. The number of esters is 1. The van der Waals surface area contributed by atoms with Gasteiger partial charge in [-0.05, 0) is 0 Å². The van der Waals surface area contributed by atoms with E-state index in [1.54, 1.807) is 7.11 Å². The molecule has 0 aromatic heterocycles. The Labute approximate surface area is 125 Å². The maximum Gasteiger partial charge on any atom is 0.312 e. The lowest BCUT2D eigenvalue weighted by molar-refractivity contribution is -0.152. The van der Waals surface area contributed by atoms with Gasteiger partial charge >= 0.3 is 5.97 Å². The summed E-state index contributed by atoms with van der Waals surface area (Å²) in [7, 11) is 1.63. The summed E-state index contributed by atoms with van der Waals surface area (Å²) >= 11 is 0. The minimum atomic E-state index is -0.195. The van der Waals surface area contributed by atoms with Crippen molar-refractivity contribution in [1.29, 1.82) is 0 Å². The Kier molecular flexibility index (Phi) is 6.63. The van der Waals surface area contributed by atoms with E-state index in [2.05, 4.69) is 0 Å². The van der Waals surface area contributed by atoms with E-state index >= 15 is 0 Å². The van der Waals surface area contributed by atoms with Crippen molar-refractivity contribution in [2.24, 2.45) is 11.8 Å². The molecule has 2 bridgehead atoms. The molecule has 0 amide bonds. The Balaban J connectivity index is 1.49. The van der Waals surface area contributed by atoms with E-state index in [-0.39, 0.29) is 36.6 Å². The minimum absolute atomic E-state index is 0.0630. The van der Waals surface area contributed by atoms with Crippen molar-refractivity contribution in [3.63, 3.8) is 0 Å². The number of hydrogen-bond donors (Lipinski definition) is 0. The van der Waals surface area contributed by atoms with E-state index in [0.717, 1.165) is 0 Å². The molecule has 1 fully saturated rings. The molecule has 2 rings (SSSR count). The van der Waals surface area contributed by atoms with Crippen LogP contribution in [0.5, 0.6) is 0 Å². The van der Waals surface area contributed by atoms with Gasteiger partial charge in [0, 0.05) is 13.0 Å². The molecule has 0 aliphatic carbocycles. The Hall–Kier alpha value is -0.950. The van der Waals surface area contributed by atoms with Gasteiger partial charge in [0.2, 0.25) is 0 Å². The zero-order valence-corrected chi connectivity index (χ0v) is 12.7. The first-order chi connectivity index (χ1) is 10.2. The molecule has 0 radical (unpaired) electrons. The molecule has 0 spiro atoms. The zero-order valence-electron chi connectivity index (χ0n) is 12.7. The Morgan fingerprint density at radius 3 is 2.24 bits per heavy atom. The first kappa shape index (κ1) is 16.4. The molecule has 120 valence electrons. The van der Waals surface area contributed by atoms with E-state index < -0.39 is 0 Å². The van der Waals surface area contributed by atoms with Gasteiger partial charge in [0.25, 0.3) is 0 Å². The summed E-state index contributed by atoms with van der Waals surface area (Å²) in [6, 6.07) is 0. The summed E-state index contributed by atoms with van der Waals surface area (Å²) in [4.78, 5) is 12.0. The van der Waals surface area contributed by atoms with Crippen molar-refractivity contribution in [3.05, 3.63) is 12.2 Å². The van der Waals surface area contributed by atoms with Gasteiger partial charge in [-0.15, -0.1) is 0 Å². The van der Waals surface area contributed by atoms with Gasteiger partial charge in [-0.25, -0.2) is 0 Å². The van der Waals surface area contributed by atoms with Gasteiger partial charge in [0.15, 0.2) is 0 Å². The fourth-order valence-corrected chi connectivity index (χ4v) is 2.61. The smallest absolute Gasteiger partial charge is 0.312 e. The molecule has 2 heterocycles. The van der Waals surface area contributed by atoms with Crippen LogP contribution in [0.4, 0.5) is 0 Å². The van der Waals surface area contributed by atoms with Crippen LogP contribution in [0, 0.1) is 11.8 Å². The third-order valence-electron chi connectivity index (χ3n) is 3.79. The average Bonchev–Trinajstić information content (AvgIpc) is 3.06. The molecule has 4 unspecified atom stereocenters. The molecule has 21 heavy (non-hydrogen) atoms. The van der Waals surface area contributed by atoms with Gasteiger partial charge in [-0.1, -0.05) is 19.1 Å². The largest absolute Gasteiger partial charge is 0.463 e. The zero-order chi connectivity index (χ0) is 15.1. The topological polar surface area (TPSA) is 63.2 Å². The Morgan fingerprint density at radius 2 is 1.62 bits per heavy atom. The lowest BCUT2D eigenvalue weighted by atomic mass is 9.84. The van der Waals surface area contributed by atoms with Gasteiger partial charge in [-0.2, -0.15) is 0 Å². The van der Waals surface area contributed by atoms with Crippen molar-refractivity contribution in [3.8, 4) is 0 Å². The number of hydrogen-bond acceptors (Lipinski definition) is 6. The number of fused-ring (bicyclic) bond motifs is 2. The van der Waals surface area contributed by atoms with Crippen molar-refractivity contribution in [1.82, 2.24) is 0 Å². The fraction of sp³-hybridized carbons (Fsp3) is 0.800. The van der Waals surface area contributed by atoms with E-state index in [1.807, 2.05) is 19.1 Å². The summed E-state index contributed by atoms with van der Waals surface area (Å²) < 4.78 is 26.3. The Morgan fingerprint density at radius 1 is 1.00 bits per heavy atom. The quantitative estimate of drug-likeness (QED) is 0.338. The summed E-state index contributed by atoms with van der Waals surface area (Å²) in [5.41, 5.74) is 0. The van der Waals surface area contributed by atoms with Crippen molar-refractivity contribution < 1.29 is 28.5 Å². The van der Waals surface area contributed by atoms with E-state index in [9.17, 15) is 4.79 Å². The maximum atomic E-state index is 12.0. The molecule has 0 aromatic rings. The van der Waals surface area contributed by atoms with Crippen LogP contribution < -0.4 is 0 Å². The molecule has 6 nitrogen and oxygen atoms in total. The number of ether oxygens (including phenoxy) is 5. The standard InChI is InChI=1S/C15H24O6/c1-11-12-3-4-13(21-12)14(11)15(16)20-10-9-19-8-7-18-6-5-17-2/h3-4,11-14H,5-10H2,1-2H3. The molecule has 0 aromatic carbocycles. The second-order valence-electron chi connectivity index (χ2n) is 5.22. The highest BCUT2D eigenvalue weighted by Gasteiger charge is 2.47. The van der Waals surface area contributed by atoms with Crippen LogP contribution in [0.3, 0.4) is 0 Å². The van der Waals surface area contributed by atoms with Crippen LogP contribution >= 0.6 is 0 Å². The predicted octanol–water partition coefficient (Wildman–Crippen LogP) is 0.799. The van der Waals surface area contributed by atoms with Crippen LogP contribution in [-0.2, 0) is 28.5 Å². The van der Waals surface area contributed by atoms with Crippen molar-refractivity contribution in [2.75, 3.05) is 46.8 Å². The highest BCUT2D eigenvalue weighted by Crippen LogP contribution is 2.39. The van der Waals surface area contributed by atoms with Crippen molar-refractivity contribution >= 4 is 5.97 Å². The first-order valence-electron chi connectivity index (χ1n) is 7.39. The summed E-state index contributed by atoms with van der Waals surface area (Å²) in [6.07, 6.45) is 3.91. The van der Waals surface area contributed by atoms with E-state index in [4.69, 9.17) is 23.7 Å². The number of rotatable bonds is 10. The van der Waals surface area contributed by atoms with Gasteiger partial charge < -0.3 is 23.7 Å². The number of carbonyl (C=O) groups excluding carboxylic acids is 1. The van der Waals surface area contributed by atoms with Crippen molar-refractivity contribution in [2.45, 2.75) is 19.1 Å². The first-order valence-corrected chi connectivity index (χ1v) is 7.39. The molecule has 6 heteroatoms. The van der Waals surface area contributed by atoms with Crippen LogP contribution in [-0.4, -0.2) is 64.9 Å². The summed E-state index contributed by atoms with van der Waals surface area (Å²) in [5, 5.41) is 0. The van der Waals surface area contributed by atoms with Crippen LogP contribution in [0.15, 0.2) is 12.2 Å². The molecule has 4 atom stereocenters. The average molecular weight is 300 g/mol. The van der Waals surface area contributed by atoms with E-state index in [1.165, 1.54) is 0 Å². The highest BCUT2D eigenvalue weighted by molar-refractivity contribution is 5.75. The summed E-state index contributed by atoms with van der Waals surface area (Å²) in [6.45, 7) is 4.80. The molecular formula is C15H24O6. The third kappa shape index (κ3) is 4.51. The Bertz CT molecular complexity index is 356. The van der Waals surface area contributed by atoms with E-state index in [0.29, 0.717) is 33.0 Å². The molecule has 2 aliphatic rings.